The van der Waals surface area contributed by atoms with Gasteiger partial charge in [-0.1, -0.05) is 42.1 Å². The maximum atomic E-state index is 12.9. The number of carbonyl (C=O) groups excluding carboxylic acids is 2. The molecule has 3 aliphatic heterocycles. The lowest BCUT2D eigenvalue weighted by molar-refractivity contribution is -0.152. The quantitative estimate of drug-likeness (QED) is 0.622. The number of allylic oxidation sites excluding steroid dienone is 3. The largest absolute Gasteiger partial charge is 0.514 e. The molecule has 6 nitrogen and oxygen atoms in total. The number of hydrogen-bond donors (Lipinski definition) is 1. The second kappa shape index (κ2) is 7.95. The van der Waals surface area contributed by atoms with Gasteiger partial charge in [-0.2, -0.15) is 0 Å². The number of aliphatic hydroxyl groups excluding tert-OH is 1. The van der Waals surface area contributed by atoms with Gasteiger partial charge in [0.2, 0.25) is 5.91 Å². The van der Waals surface area contributed by atoms with Crippen LogP contribution in [0.4, 0.5) is 0 Å². The van der Waals surface area contributed by atoms with Crippen LogP contribution >= 0.6 is 11.8 Å². The highest BCUT2D eigenvalue weighted by molar-refractivity contribution is 8.03. The van der Waals surface area contributed by atoms with Crippen molar-refractivity contribution in [1.29, 1.82) is 0 Å². The number of carbonyl (C=O) groups is 2. The summed E-state index contributed by atoms with van der Waals surface area (Å²) < 4.78 is 11.3. The number of fused-ring (bicyclic) bond motifs is 1. The molecule has 0 bridgehead atoms. The van der Waals surface area contributed by atoms with E-state index >= 15 is 0 Å². The fourth-order valence-electron chi connectivity index (χ4n) is 3.70. The standard InChI is InChI=1S/C21H21NO5S/c23-12-17-11-21(26-7-8-27-21)14-22(17)20(25)10-15-5-6-16-3-1-2-4-18(13-24)28-19(16)9-15/h1-6,9,12-13,17,24H,7-8,10-11,14H2/b3-1-,4-2-,18-13-. The molecule has 4 rings (SSSR count). The maximum absolute atomic E-state index is 12.9. The van der Waals surface area contributed by atoms with Gasteiger partial charge >= 0.3 is 0 Å². The van der Waals surface area contributed by atoms with Crippen LogP contribution < -0.4 is 0 Å². The average Bonchev–Trinajstić information content (AvgIpc) is 3.30. The lowest BCUT2D eigenvalue weighted by atomic mass is 10.1. The smallest absolute Gasteiger partial charge is 0.227 e. The topological polar surface area (TPSA) is 76.1 Å². The summed E-state index contributed by atoms with van der Waals surface area (Å²) in [6.45, 7) is 1.25. The van der Waals surface area contributed by atoms with E-state index < -0.39 is 11.8 Å². The number of likely N-dealkylation sites (tertiary alicyclic amines) is 1. The van der Waals surface area contributed by atoms with Crippen LogP contribution in [0.5, 0.6) is 0 Å². The summed E-state index contributed by atoms with van der Waals surface area (Å²) in [6.07, 6.45) is 10.0. The third kappa shape index (κ3) is 3.78. The van der Waals surface area contributed by atoms with Crippen LogP contribution in [0.3, 0.4) is 0 Å². The minimum absolute atomic E-state index is 0.128. The Labute approximate surface area is 167 Å². The zero-order valence-electron chi connectivity index (χ0n) is 15.2. The van der Waals surface area contributed by atoms with Crippen molar-refractivity contribution in [2.75, 3.05) is 19.8 Å². The van der Waals surface area contributed by atoms with Crippen LogP contribution in [-0.4, -0.2) is 53.8 Å². The molecule has 0 saturated carbocycles. The van der Waals surface area contributed by atoms with E-state index in [1.54, 1.807) is 4.90 Å². The summed E-state index contributed by atoms with van der Waals surface area (Å²) in [7, 11) is 0. The van der Waals surface area contributed by atoms with Gasteiger partial charge in [0.25, 0.3) is 0 Å². The molecule has 0 aromatic heterocycles. The zero-order chi connectivity index (χ0) is 19.6. The summed E-state index contributed by atoms with van der Waals surface area (Å²) in [6, 6.07) is 5.30. The van der Waals surface area contributed by atoms with E-state index in [1.807, 2.05) is 42.5 Å². The van der Waals surface area contributed by atoms with Crippen molar-refractivity contribution < 1.29 is 24.2 Å². The predicted octanol–water partition coefficient (Wildman–Crippen LogP) is 2.85. The van der Waals surface area contributed by atoms with Crippen molar-refractivity contribution >= 4 is 30.0 Å². The predicted molar refractivity (Wildman–Crippen MR) is 106 cm³/mol. The van der Waals surface area contributed by atoms with E-state index in [9.17, 15) is 14.7 Å². The Kier molecular flexibility index (Phi) is 5.39. The molecule has 0 aliphatic carbocycles. The molecule has 1 aromatic rings. The van der Waals surface area contributed by atoms with Crippen LogP contribution in [0.25, 0.3) is 6.08 Å². The Morgan fingerprint density at radius 2 is 2.07 bits per heavy atom. The highest BCUT2D eigenvalue weighted by atomic mass is 32.2. The van der Waals surface area contributed by atoms with Crippen LogP contribution in [0.15, 0.2) is 52.5 Å². The van der Waals surface area contributed by atoms with Gasteiger partial charge in [0, 0.05) is 16.2 Å². The number of rotatable bonds is 3. The van der Waals surface area contributed by atoms with E-state index in [1.165, 1.54) is 11.8 Å². The molecule has 1 amide bonds. The monoisotopic (exact) mass is 399 g/mol. The summed E-state index contributed by atoms with van der Waals surface area (Å²) >= 11 is 1.44. The summed E-state index contributed by atoms with van der Waals surface area (Å²) in [5.41, 5.74) is 1.87. The van der Waals surface area contributed by atoms with Crippen LogP contribution in [0.1, 0.15) is 17.5 Å². The maximum Gasteiger partial charge on any atom is 0.227 e. The minimum Gasteiger partial charge on any atom is -0.514 e. The second-order valence-corrected chi connectivity index (χ2v) is 8.05. The molecule has 2 saturated heterocycles. The first-order chi connectivity index (χ1) is 13.6. The molecule has 146 valence electrons. The van der Waals surface area contributed by atoms with E-state index in [2.05, 4.69) is 0 Å². The van der Waals surface area contributed by atoms with E-state index in [0.717, 1.165) is 28.6 Å². The van der Waals surface area contributed by atoms with Gasteiger partial charge in [-0.05, 0) is 23.3 Å². The lowest BCUT2D eigenvalue weighted by Crippen LogP contribution is -2.40. The molecule has 2 fully saturated rings. The van der Waals surface area contributed by atoms with Crippen molar-refractivity contribution in [3.8, 4) is 0 Å². The van der Waals surface area contributed by atoms with E-state index in [4.69, 9.17) is 9.47 Å². The van der Waals surface area contributed by atoms with Gasteiger partial charge in [-0.25, -0.2) is 0 Å². The average molecular weight is 399 g/mol. The molecular formula is C21H21NO5S. The molecule has 1 aromatic carbocycles. The number of aldehydes is 1. The molecular weight excluding hydrogens is 378 g/mol. The van der Waals surface area contributed by atoms with Gasteiger partial charge in [-0.3, -0.25) is 4.79 Å². The summed E-state index contributed by atoms with van der Waals surface area (Å²) in [5.74, 6) is -0.960. The minimum atomic E-state index is -0.832. The SMILES string of the molecule is O=CC1CC2(CN1C(=O)Cc1ccc3c(c1)SC(=C\O)/C=C\C=C/3)OCCO2. The molecule has 0 radical (unpaired) electrons. The molecule has 3 aliphatic rings. The summed E-state index contributed by atoms with van der Waals surface area (Å²) in [4.78, 5) is 27.6. The van der Waals surface area contributed by atoms with Crippen LogP contribution in [-0.2, 0) is 25.5 Å². The van der Waals surface area contributed by atoms with Gasteiger partial charge in [-0.15, -0.1) is 0 Å². The highest BCUT2D eigenvalue weighted by Gasteiger charge is 2.49. The second-order valence-electron chi connectivity index (χ2n) is 6.94. The number of benzene rings is 1. The Balaban J connectivity index is 1.52. The van der Waals surface area contributed by atoms with Crippen molar-refractivity contribution in [3.63, 3.8) is 0 Å². The van der Waals surface area contributed by atoms with Crippen LogP contribution in [0.2, 0.25) is 0 Å². The molecule has 1 atom stereocenters. The Morgan fingerprint density at radius 1 is 1.29 bits per heavy atom. The van der Waals surface area contributed by atoms with Gasteiger partial charge in [0.15, 0.2) is 5.79 Å². The molecule has 3 heterocycles. The molecule has 1 unspecified atom stereocenters. The fourth-order valence-corrected chi connectivity index (χ4v) is 4.62. The lowest BCUT2D eigenvalue weighted by Gasteiger charge is -2.23. The molecule has 7 heteroatoms. The molecule has 28 heavy (non-hydrogen) atoms. The van der Waals surface area contributed by atoms with Gasteiger partial charge in [0.05, 0.1) is 38.5 Å². The fraction of sp³-hybridized carbons (Fsp3) is 0.333. The molecule has 1 spiro atoms. The van der Waals surface area contributed by atoms with Crippen molar-refractivity contribution in [2.24, 2.45) is 0 Å². The van der Waals surface area contributed by atoms with Gasteiger partial charge in [0.1, 0.15) is 6.29 Å². The van der Waals surface area contributed by atoms with E-state index in [-0.39, 0.29) is 18.9 Å². The third-order valence-electron chi connectivity index (χ3n) is 5.06. The number of amides is 1. The Hall–Kier alpha value is -2.35. The van der Waals surface area contributed by atoms with E-state index in [0.29, 0.717) is 24.5 Å². The van der Waals surface area contributed by atoms with Crippen molar-refractivity contribution in [1.82, 2.24) is 4.90 Å². The van der Waals surface area contributed by atoms with Crippen molar-refractivity contribution in [2.45, 2.75) is 29.6 Å². The number of thioether (sulfide) groups is 1. The number of ether oxygens (including phenoxy) is 2. The van der Waals surface area contributed by atoms with Crippen molar-refractivity contribution in [3.05, 3.63) is 58.7 Å². The first-order valence-electron chi connectivity index (χ1n) is 9.15. The van der Waals surface area contributed by atoms with Crippen LogP contribution in [0, 0.1) is 0 Å². The number of hydrogen-bond acceptors (Lipinski definition) is 6. The van der Waals surface area contributed by atoms with Gasteiger partial charge < -0.3 is 24.3 Å². The molecule has 1 N–H and O–H groups in total. The number of aliphatic hydroxyl groups is 1. The Bertz CT molecular complexity index is 870. The highest BCUT2D eigenvalue weighted by Crippen LogP contribution is 2.35. The number of nitrogens with zero attached hydrogens (tertiary/aromatic N) is 1. The first-order valence-corrected chi connectivity index (χ1v) is 9.97. The zero-order valence-corrected chi connectivity index (χ0v) is 16.1. The first kappa shape index (κ1) is 19.0. The Morgan fingerprint density at radius 3 is 2.82 bits per heavy atom. The normalized spacial score (nSPS) is 26.6. The third-order valence-corrected chi connectivity index (χ3v) is 6.11. The summed E-state index contributed by atoms with van der Waals surface area (Å²) in [5, 5.41) is 9.37.